The number of aliphatic hydroxyl groups excluding tert-OH is 1. The van der Waals surface area contributed by atoms with Crippen molar-refractivity contribution in [2.45, 2.75) is 6.42 Å². The number of hydrogen-bond acceptors (Lipinski definition) is 3. The van der Waals surface area contributed by atoms with Gasteiger partial charge in [-0.2, -0.15) is 0 Å². The van der Waals surface area contributed by atoms with Crippen molar-refractivity contribution in [3.8, 4) is 0 Å². The van der Waals surface area contributed by atoms with Crippen molar-refractivity contribution < 1.29 is 18.7 Å². The van der Waals surface area contributed by atoms with E-state index in [9.17, 15) is 13.6 Å². The fourth-order valence-corrected chi connectivity index (χ4v) is 1.93. The third kappa shape index (κ3) is 2.08. The first-order valence-corrected chi connectivity index (χ1v) is 5.18. The first-order chi connectivity index (χ1) is 8.02. The van der Waals surface area contributed by atoms with Crippen molar-refractivity contribution in [1.29, 1.82) is 0 Å². The second-order valence-electron chi connectivity index (χ2n) is 4.08. The van der Waals surface area contributed by atoms with Crippen LogP contribution in [0.1, 0.15) is 6.42 Å². The number of benzene rings is 1. The van der Waals surface area contributed by atoms with Gasteiger partial charge in [0.15, 0.2) is 5.82 Å². The molecule has 1 heterocycles. The van der Waals surface area contributed by atoms with Gasteiger partial charge in [-0.25, -0.2) is 8.78 Å². The Kier molecular flexibility index (Phi) is 2.97. The Hall–Kier alpha value is -1.69. The maximum Gasteiger partial charge on any atom is 0.227 e. The molecule has 1 fully saturated rings. The van der Waals surface area contributed by atoms with Gasteiger partial charge in [0.1, 0.15) is 5.82 Å². The molecule has 1 aliphatic heterocycles. The molecule has 0 bridgehead atoms. The highest BCUT2D eigenvalue weighted by molar-refractivity contribution is 5.98. The van der Waals surface area contributed by atoms with Crippen LogP contribution < -0.4 is 10.6 Å². The Morgan fingerprint density at radius 1 is 1.47 bits per heavy atom. The van der Waals surface area contributed by atoms with Gasteiger partial charge < -0.3 is 15.7 Å². The highest BCUT2D eigenvalue weighted by Gasteiger charge is 2.31. The number of halogens is 2. The number of carbonyl (C=O) groups excluding carboxylic acids is 1. The minimum atomic E-state index is -0.889. The molecule has 0 radical (unpaired) electrons. The van der Waals surface area contributed by atoms with E-state index in [4.69, 9.17) is 10.8 Å². The van der Waals surface area contributed by atoms with Gasteiger partial charge in [-0.05, 0) is 6.07 Å². The van der Waals surface area contributed by atoms with Crippen LogP contribution in [0.15, 0.2) is 12.1 Å². The van der Waals surface area contributed by atoms with Gasteiger partial charge in [0.05, 0.1) is 11.4 Å². The zero-order valence-electron chi connectivity index (χ0n) is 8.99. The minimum Gasteiger partial charge on any atom is -0.396 e. The van der Waals surface area contributed by atoms with E-state index >= 15 is 0 Å². The topological polar surface area (TPSA) is 66.6 Å². The number of anilines is 2. The fourth-order valence-electron chi connectivity index (χ4n) is 1.93. The van der Waals surface area contributed by atoms with Crippen LogP contribution in [0.5, 0.6) is 0 Å². The summed E-state index contributed by atoms with van der Waals surface area (Å²) in [5.41, 5.74) is 5.26. The summed E-state index contributed by atoms with van der Waals surface area (Å²) in [6.45, 7) is 0.0857. The van der Waals surface area contributed by atoms with E-state index in [1.54, 1.807) is 0 Å². The highest BCUT2D eigenvalue weighted by Crippen LogP contribution is 2.32. The molecule has 3 N–H and O–H groups in total. The van der Waals surface area contributed by atoms with Gasteiger partial charge in [-0.3, -0.25) is 4.79 Å². The zero-order chi connectivity index (χ0) is 12.6. The largest absolute Gasteiger partial charge is 0.396 e. The number of nitrogens with zero attached hydrogens (tertiary/aromatic N) is 1. The monoisotopic (exact) mass is 242 g/mol. The average molecular weight is 242 g/mol. The van der Waals surface area contributed by atoms with E-state index in [2.05, 4.69) is 0 Å². The molecule has 1 aromatic rings. The summed E-state index contributed by atoms with van der Waals surface area (Å²) >= 11 is 0. The van der Waals surface area contributed by atoms with Gasteiger partial charge in [-0.15, -0.1) is 0 Å². The van der Waals surface area contributed by atoms with E-state index in [0.29, 0.717) is 6.07 Å². The SMILES string of the molecule is Nc1c(F)cc(F)cc1N1CC(CO)CC1=O. The number of nitrogen functional groups attached to an aromatic ring is 1. The van der Waals surface area contributed by atoms with Crippen LogP contribution in [0.3, 0.4) is 0 Å². The fraction of sp³-hybridized carbons (Fsp3) is 0.364. The summed E-state index contributed by atoms with van der Waals surface area (Å²) in [5, 5.41) is 8.97. The maximum atomic E-state index is 13.2. The van der Waals surface area contributed by atoms with Gasteiger partial charge in [0, 0.05) is 31.6 Å². The second-order valence-corrected chi connectivity index (χ2v) is 4.08. The smallest absolute Gasteiger partial charge is 0.227 e. The van der Waals surface area contributed by atoms with Gasteiger partial charge in [-0.1, -0.05) is 0 Å². The molecule has 92 valence electrons. The highest BCUT2D eigenvalue weighted by atomic mass is 19.1. The van der Waals surface area contributed by atoms with Crippen LogP contribution in [0.2, 0.25) is 0 Å². The quantitative estimate of drug-likeness (QED) is 0.757. The molecule has 1 amide bonds. The lowest BCUT2D eigenvalue weighted by atomic mass is 10.1. The summed E-state index contributed by atoms with van der Waals surface area (Å²) in [5.74, 6) is -2.18. The molecule has 2 rings (SSSR count). The van der Waals surface area contributed by atoms with Crippen LogP contribution in [0.25, 0.3) is 0 Å². The van der Waals surface area contributed by atoms with E-state index < -0.39 is 11.6 Å². The summed E-state index contributed by atoms with van der Waals surface area (Å²) in [6.07, 6.45) is 0.161. The van der Waals surface area contributed by atoms with Crippen molar-refractivity contribution >= 4 is 17.3 Å². The van der Waals surface area contributed by atoms with E-state index in [-0.39, 0.29) is 42.8 Å². The second kappa shape index (κ2) is 4.29. The Morgan fingerprint density at radius 3 is 2.76 bits per heavy atom. The van der Waals surface area contributed by atoms with Gasteiger partial charge in [0.25, 0.3) is 0 Å². The van der Waals surface area contributed by atoms with Crippen LogP contribution in [-0.4, -0.2) is 24.2 Å². The number of hydrogen-bond donors (Lipinski definition) is 2. The van der Waals surface area contributed by atoms with Crippen molar-refractivity contribution in [2.75, 3.05) is 23.8 Å². The molecule has 0 aromatic heterocycles. The molecule has 0 aliphatic carbocycles. The first kappa shape index (κ1) is 11.8. The van der Waals surface area contributed by atoms with Gasteiger partial charge >= 0.3 is 0 Å². The summed E-state index contributed by atoms with van der Waals surface area (Å²) in [6, 6.07) is 1.69. The van der Waals surface area contributed by atoms with E-state index in [0.717, 1.165) is 6.07 Å². The van der Waals surface area contributed by atoms with Crippen molar-refractivity contribution in [2.24, 2.45) is 5.92 Å². The first-order valence-electron chi connectivity index (χ1n) is 5.18. The Morgan fingerprint density at radius 2 is 2.18 bits per heavy atom. The van der Waals surface area contributed by atoms with Crippen LogP contribution >= 0.6 is 0 Å². The third-order valence-electron chi connectivity index (χ3n) is 2.83. The molecular weight excluding hydrogens is 230 g/mol. The lowest BCUT2D eigenvalue weighted by Gasteiger charge is -2.18. The summed E-state index contributed by atoms with van der Waals surface area (Å²) in [4.78, 5) is 12.8. The Labute approximate surface area is 96.6 Å². The Balaban J connectivity index is 2.38. The number of rotatable bonds is 2. The lowest BCUT2D eigenvalue weighted by molar-refractivity contribution is -0.117. The molecule has 1 saturated heterocycles. The average Bonchev–Trinajstić information content (AvgIpc) is 2.65. The minimum absolute atomic E-state index is 0.0310. The molecule has 17 heavy (non-hydrogen) atoms. The molecule has 1 aliphatic rings. The zero-order valence-corrected chi connectivity index (χ0v) is 8.99. The van der Waals surface area contributed by atoms with Crippen LogP contribution in [0, 0.1) is 17.6 Å². The standard InChI is InChI=1S/C11H12F2N2O2/c12-7-2-8(13)11(14)9(3-7)15-4-6(5-16)1-10(15)17/h2-3,6,16H,1,4-5,14H2. The van der Waals surface area contributed by atoms with Crippen molar-refractivity contribution in [3.63, 3.8) is 0 Å². The number of nitrogens with two attached hydrogens (primary N) is 1. The molecule has 1 aromatic carbocycles. The van der Waals surface area contributed by atoms with Crippen LogP contribution in [0.4, 0.5) is 20.2 Å². The van der Waals surface area contributed by atoms with Crippen LogP contribution in [-0.2, 0) is 4.79 Å². The molecular formula is C11H12F2N2O2. The molecule has 0 spiro atoms. The van der Waals surface area contributed by atoms with Crippen molar-refractivity contribution in [3.05, 3.63) is 23.8 Å². The van der Waals surface area contributed by atoms with Crippen molar-refractivity contribution in [1.82, 2.24) is 0 Å². The van der Waals surface area contributed by atoms with Gasteiger partial charge in [0.2, 0.25) is 5.91 Å². The van der Waals surface area contributed by atoms with E-state index in [1.807, 2.05) is 0 Å². The summed E-state index contributed by atoms with van der Waals surface area (Å²) < 4.78 is 26.3. The predicted octanol–water partition coefficient (Wildman–Crippen LogP) is 0.892. The predicted molar refractivity (Wildman–Crippen MR) is 58.3 cm³/mol. The molecule has 0 saturated carbocycles. The number of amides is 1. The summed E-state index contributed by atoms with van der Waals surface area (Å²) in [7, 11) is 0. The molecule has 1 atom stereocenters. The normalized spacial score (nSPS) is 20.1. The Bertz CT molecular complexity index is 465. The molecule has 1 unspecified atom stereocenters. The maximum absolute atomic E-state index is 13.2. The molecule has 6 heteroatoms. The lowest BCUT2D eigenvalue weighted by Crippen LogP contribution is -2.26. The van der Waals surface area contributed by atoms with E-state index in [1.165, 1.54) is 4.90 Å². The molecule has 4 nitrogen and oxygen atoms in total. The number of carbonyl (C=O) groups is 1. The third-order valence-corrected chi connectivity index (χ3v) is 2.83. The number of aliphatic hydroxyl groups is 1.